The normalized spacial score (nSPS) is 15.2. The lowest BCUT2D eigenvalue weighted by Crippen LogP contribution is -2.43. The first-order valence-corrected chi connectivity index (χ1v) is 30.7. The van der Waals surface area contributed by atoms with E-state index in [0.717, 1.165) is 56.9 Å². The standard InChI is InChI=1S/C34H47N7O5.C30H39N7O5/c1-7-18-41(32(43)39-19-10-11-20-39)28-24-35-31(38(8-2)9-3)37-29(28)36-27(30(42)46-34(4,5)6)23-25-14-16-26(17-15-25)45-33(44)40-21-12-13-22-40;1-4-15-37(29(40)35-16-7-8-17-35)25-21-31-28(34(5-2)6-3)33-26(25)32-24(27(38)39)20-22-11-13-23(14-12-22)42-30(41)36-18-9-10-19-36/h1,14-17,24,27H,8-13,18-23H2,2-6H3,(H,35,36,37);1,11-14,21,24H,5-10,15-20H2,2-3H3,(H,38,39)(H,31,32,33)/t27-;24-/m00/s1. The van der Waals surface area contributed by atoms with Crippen LogP contribution < -0.4 is 39.7 Å². The molecular weight excluding hydrogens is 1120 g/mol. The molecule has 0 unspecified atom stereocenters. The second-order valence-corrected chi connectivity index (χ2v) is 22.8. The topological polar surface area (TPSA) is 252 Å². The van der Waals surface area contributed by atoms with Crippen molar-refractivity contribution < 1.29 is 48.1 Å². The quantitative estimate of drug-likeness (QED) is 0.0492. The molecule has 4 aliphatic rings. The zero-order chi connectivity index (χ0) is 63.3. The molecule has 24 nitrogen and oxygen atoms in total. The van der Waals surface area contributed by atoms with Crippen molar-refractivity contribution in [3.8, 4) is 36.2 Å². The van der Waals surface area contributed by atoms with Gasteiger partial charge in [-0.1, -0.05) is 36.1 Å². The van der Waals surface area contributed by atoms with Gasteiger partial charge in [-0.2, -0.15) is 9.97 Å². The van der Waals surface area contributed by atoms with Gasteiger partial charge in [-0.3, -0.25) is 9.80 Å². The molecule has 88 heavy (non-hydrogen) atoms. The fourth-order valence-electron chi connectivity index (χ4n) is 10.6. The largest absolute Gasteiger partial charge is 0.480 e. The molecule has 4 aromatic rings. The number of carboxylic acid groups (broad SMARTS) is 1. The maximum atomic E-state index is 13.7. The summed E-state index contributed by atoms with van der Waals surface area (Å²) in [6.07, 6.45) is 21.6. The Morgan fingerprint density at radius 2 is 0.898 bits per heavy atom. The molecule has 0 saturated carbocycles. The van der Waals surface area contributed by atoms with Crippen molar-refractivity contribution in [2.24, 2.45) is 0 Å². The Bertz CT molecular complexity index is 3080. The van der Waals surface area contributed by atoms with Crippen molar-refractivity contribution in [1.29, 1.82) is 0 Å². The molecule has 2 aromatic carbocycles. The molecule has 4 aliphatic heterocycles. The molecule has 0 aliphatic carbocycles. The van der Waals surface area contributed by atoms with Gasteiger partial charge in [0, 0.05) is 91.4 Å². The summed E-state index contributed by atoms with van der Waals surface area (Å²) in [6.45, 7) is 21.3. The first-order valence-electron chi connectivity index (χ1n) is 30.7. The monoisotopic (exact) mass is 1210 g/mol. The number of nitrogens with zero attached hydrogens (tertiary/aromatic N) is 12. The summed E-state index contributed by atoms with van der Waals surface area (Å²) in [6, 6.07) is 11.4. The van der Waals surface area contributed by atoms with Gasteiger partial charge in [0.05, 0.1) is 25.5 Å². The van der Waals surface area contributed by atoms with Crippen molar-refractivity contribution in [1.82, 2.24) is 39.5 Å². The van der Waals surface area contributed by atoms with E-state index in [1.165, 1.54) is 16.0 Å². The van der Waals surface area contributed by atoms with Crippen LogP contribution in [0.4, 0.5) is 54.1 Å². The highest BCUT2D eigenvalue weighted by molar-refractivity contribution is 5.97. The number of hydrogen-bond donors (Lipinski definition) is 3. The zero-order valence-electron chi connectivity index (χ0n) is 52.0. The highest BCUT2D eigenvalue weighted by Gasteiger charge is 2.33. The molecule has 2 aromatic heterocycles. The van der Waals surface area contributed by atoms with Crippen LogP contribution in [0.3, 0.4) is 0 Å². The Balaban J connectivity index is 0.000000252. The number of nitrogens with one attached hydrogen (secondary N) is 2. The van der Waals surface area contributed by atoms with Crippen molar-refractivity contribution in [2.75, 3.05) is 122 Å². The predicted octanol–water partition coefficient (Wildman–Crippen LogP) is 8.62. The molecule has 0 bridgehead atoms. The van der Waals surface area contributed by atoms with Gasteiger partial charge in [0.2, 0.25) is 11.9 Å². The molecule has 4 fully saturated rings. The Labute approximate surface area is 517 Å². The first-order chi connectivity index (χ1) is 42.4. The molecule has 8 rings (SSSR count). The highest BCUT2D eigenvalue weighted by Crippen LogP contribution is 2.32. The van der Waals surface area contributed by atoms with E-state index in [-0.39, 0.29) is 56.0 Å². The SMILES string of the molecule is C#CCN(C(=O)N1CCCC1)c1cnc(N(CC)CC)nc1N[C@@H](Cc1ccc(OC(=O)N2CCCC2)cc1)C(=O)O.C#CCN(C(=O)N1CCCC1)c1cnc(N(CC)CC)nc1N[C@@H](Cc1ccc(OC(=O)N2CCCC2)cc1)C(=O)OC(C)(C)C. The van der Waals surface area contributed by atoms with Gasteiger partial charge in [0.1, 0.15) is 40.6 Å². The van der Waals surface area contributed by atoms with E-state index in [4.69, 9.17) is 32.0 Å². The maximum absolute atomic E-state index is 13.7. The van der Waals surface area contributed by atoms with Crippen molar-refractivity contribution in [3.05, 3.63) is 72.1 Å². The number of aliphatic carboxylic acids is 1. The van der Waals surface area contributed by atoms with E-state index >= 15 is 0 Å². The van der Waals surface area contributed by atoms with Gasteiger partial charge in [0.15, 0.2) is 11.6 Å². The van der Waals surface area contributed by atoms with Crippen LogP contribution in [0.5, 0.6) is 11.5 Å². The summed E-state index contributed by atoms with van der Waals surface area (Å²) in [5.41, 5.74) is 1.47. The van der Waals surface area contributed by atoms with E-state index in [9.17, 15) is 33.9 Å². The lowest BCUT2D eigenvalue weighted by Gasteiger charge is -2.30. The number of rotatable bonds is 22. The third-order valence-corrected chi connectivity index (χ3v) is 15.4. The summed E-state index contributed by atoms with van der Waals surface area (Å²) in [7, 11) is 0. The maximum Gasteiger partial charge on any atom is 0.415 e. The van der Waals surface area contributed by atoms with Gasteiger partial charge in [-0.25, -0.2) is 38.7 Å². The summed E-state index contributed by atoms with van der Waals surface area (Å²) < 4.78 is 16.8. The molecule has 4 saturated heterocycles. The fourth-order valence-corrected chi connectivity index (χ4v) is 10.6. The molecule has 2 atom stereocenters. The van der Waals surface area contributed by atoms with E-state index in [0.29, 0.717) is 125 Å². The number of urea groups is 2. The fraction of sp³-hybridized carbons (Fsp3) is 0.531. The van der Waals surface area contributed by atoms with Gasteiger partial charge < -0.3 is 59.4 Å². The number of likely N-dealkylation sites (tertiary alicyclic amines) is 4. The lowest BCUT2D eigenvalue weighted by molar-refractivity contribution is -0.155. The number of carbonyl (C=O) groups is 6. The smallest absolute Gasteiger partial charge is 0.415 e. The summed E-state index contributed by atoms with van der Waals surface area (Å²) in [4.78, 5) is 110. The van der Waals surface area contributed by atoms with Crippen LogP contribution in [0.25, 0.3) is 0 Å². The molecule has 0 radical (unpaired) electrons. The Hall–Kier alpha value is -9.06. The van der Waals surface area contributed by atoms with Gasteiger partial charge in [-0.05, 0) is 135 Å². The number of benzene rings is 2. The average molecular weight is 1210 g/mol. The van der Waals surface area contributed by atoms with Crippen LogP contribution in [0.2, 0.25) is 0 Å². The van der Waals surface area contributed by atoms with Crippen LogP contribution in [-0.2, 0) is 27.2 Å². The third kappa shape index (κ3) is 18.2. The number of esters is 1. The predicted molar refractivity (Wildman–Crippen MR) is 338 cm³/mol. The van der Waals surface area contributed by atoms with Crippen LogP contribution >= 0.6 is 0 Å². The van der Waals surface area contributed by atoms with Crippen LogP contribution in [0.1, 0.15) is 111 Å². The minimum atomic E-state index is -1.09. The summed E-state index contributed by atoms with van der Waals surface area (Å²) >= 11 is 0. The van der Waals surface area contributed by atoms with Crippen molar-refractivity contribution in [2.45, 2.75) is 130 Å². The molecule has 6 heterocycles. The highest BCUT2D eigenvalue weighted by atomic mass is 16.6. The van der Waals surface area contributed by atoms with Crippen LogP contribution in [0, 0.1) is 24.7 Å². The number of terminal acetylenes is 2. The van der Waals surface area contributed by atoms with Crippen molar-refractivity contribution in [3.63, 3.8) is 0 Å². The number of hydrogen-bond acceptors (Lipinski definition) is 17. The lowest BCUT2D eigenvalue weighted by atomic mass is 10.0. The van der Waals surface area contributed by atoms with Gasteiger partial charge in [-0.15, -0.1) is 12.8 Å². The number of ether oxygens (including phenoxy) is 3. The Kier molecular flexibility index (Phi) is 24.2. The Morgan fingerprint density at radius 3 is 1.23 bits per heavy atom. The average Bonchev–Trinajstić information content (AvgIpc) is 4.46. The minimum absolute atomic E-state index is 0.00665. The third-order valence-electron chi connectivity index (χ3n) is 15.4. The molecule has 6 amide bonds. The summed E-state index contributed by atoms with van der Waals surface area (Å²) in [5.74, 6) is 5.74. The van der Waals surface area contributed by atoms with Crippen LogP contribution in [0.15, 0.2) is 60.9 Å². The van der Waals surface area contributed by atoms with Crippen LogP contribution in [-0.4, -0.2) is 190 Å². The van der Waals surface area contributed by atoms with Gasteiger partial charge in [0.25, 0.3) is 0 Å². The first kappa shape index (κ1) is 66.5. The van der Waals surface area contributed by atoms with E-state index < -0.39 is 29.6 Å². The number of anilines is 6. The molecule has 24 heteroatoms. The second kappa shape index (κ2) is 32.1. The number of carbonyl (C=O) groups excluding carboxylic acids is 5. The summed E-state index contributed by atoms with van der Waals surface area (Å²) in [5, 5.41) is 16.5. The number of amides is 6. The van der Waals surface area contributed by atoms with Crippen molar-refractivity contribution >= 4 is 71.1 Å². The molecule has 3 N–H and O–H groups in total. The molecule has 472 valence electrons. The number of carboxylic acids is 1. The van der Waals surface area contributed by atoms with E-state index in [1.807, 2.05) is 70.4 Å². The molecule has 0 spiro atoms. The Morgan fingerprint density at radius 1 is 0.557 bits per heavy atom. The van der Waals surface area contributed by atoms with E-state index in [2.05, 4.69) is 37.4 Å². The zero-order valence-corrected chi connectivity index (χ0v) is 52.0. The number of aromatic nitrogens is 4. The van der Waals surface area contributed by atoms with E-state index in [1.54, 1.807) is 62.2 Å². The minimum Gasteiger partial charge on any atom is -0.480 e. The van der Waals surface area contributed by atoms with Gasteiger partial charge >= 0.3 is 36.2 Å². The second-order valence-electron chi connectivity index (χ2n) is 22.8. The molecular formula is C64H86N14O10.